The second-order valence-corrected chi connectivity index (χ2v) is 7.56. The van der Waals surface area contributed by atoms with Gasteiger partial charge in [-0.05, 0) is 25.8 Å². The molecule has 0 aliphatic rings. The Balaban J connectivity index is 3.52. The largest absolute Gasteiger partial charge is 0.465 e. The second-order valence-electron chi connectivity index (χ2n) is 4.63. The van der Waals surface area contributed by atoms with Gasteiger partial charge in [0.2, 0.25) is 0 Å². The standard InChI is InChI=1S/C13H19NO6S2/c1-6-7(2)14-22(17,18)13-9(11(15)19-4)8(3)10(21-13)12(16)20-5/h7,14H,6H2,1-5H3/t7-/m0/s1. The molecule has 1 heterocycles. The average Bonchev–Trinajstić information content (AvgIpc) is 2.83. The zero-order valence-electron chi connectivity index (χ0n) is 13.1. The number of esters is 2. The van der Waals surface area contributed by atoms with Crippen LogP contribution in [-0.4, -0.2) is 40.6 Å². The Kier molecular flexibility index (Phi) is 6.09. The van der Waals surface area contributed by atoms with Crippen molar-refractivity contribution in [3.8, 4) is 0 Å². The molecule has 124 valence electrons. The summed E-state index contributed by atoms with van der Waals surface area (Å²) >= 11 is 0.696. The van der Waals surface area contributed by atoms with Gasteiger partial charge < -0.3 is 9.47 Å². The van der Waals surface area contributed by atoms with Crippen molar-refractivity contribution in [2.45, 2.75) is 37.4 Å². The monoisotopic (exact) mass is 349 g/mol. The third kappa shape index (κ3) is 3.65. The summed E-state index contributed by atoms with van der Waals surface area (Å²) in [5.41, 5.74) is 0.0944. The van der Waals surface area contributed by atoms with Crippen molar-refractivity contribution >= 4 is 33.3 Å². The van der Waals surface area contributed by atoms with Crippen LogP contribution in [0.2, 0.25) is 0 Å². The first kappa shape index (κ1) is 18.6. The summed E-state index contributed by atoms with van der Waals surface area (Å²) in [6.45, 7) is 5.02. The van der Waals surface area contributed by atoms with Crippen molar-refractivity contribution in [3.05, 3.63) is 16.0 Å². The lowest BCUT2D eigenvalue weighted by molar-refractivity contribution is 0.0596. The van der Waals surface area contributed by atoms with E-state index in [1.807, 2.05) is 6.92 Å². The lowest BCUT2D eigenvalue weighted by Gasteiger charge is -2.11. The Bertz CT molecular complexity index is 677. The first-order valence-electron chi connectivity index (χ1n) is 6.51. The van der Waals surface area contributed by atoms with E-state index in [0.717, 1.165) is 7.11 Å². The fourth-order valence-corrected chi connectivity index (χ4v) is 4.79. The van der Waals surface area contributed by atoms with E-state index < -0.39 is 22.0 Å². The van der Waals surface area contributed by atoms with Crippen LogP contribution in [0.25, 0.3) is 0 Å². The first-order valence-corrected chi connectivity index (χ1v) is 8.81. The lowest BCUT2D eigenvalue weighted by Crippen LogP contribution is -2.32. The predicted octanol–water partition coefficient (Wildman–Crippen LogP) is 1.71. The van der Waals surface area contributed by atoms with Gasteiger partial charge in [0, 0.05) is 6.04 Å². The molecule has 0 saturated heterocycles. The molecule has 9 heteroatoms. The molecule has 0 aliphatic carbocycles. The van der Waals surface area contributed by atoms with Gasteiger partial charge in [-0.25, -0.2) is 22.7 Å². The molecule has 1 aromatic rings. The summed E-state index contributed by atoms with van der Waals surface area (Å²) < 4.78 is 36.4. The number of ether oxygens (including phenoxy) is 2. The molecule has 0 aliphatic heterocycles. The van der Waals surface area contributed by atoms with Crippen LogP contribution in [0.5, 0.6) is 0 Å². The number of methoxy groups -OCH3 is 2. The van der Waals surface area contributed by atoms with Crippen molar-refractivity contribution < 1.29 is 27.5 Å². The SMILES string of the molecule is CC[C@H](C)NS(=O)(=O)c1sc(C(=O)OC)c(C)c1C(=O)OC. The summed E-state index contributed by atoms with van der Waals surface area (Å²) in [7, 11) is -1.61. The van der Waals surface area contributed by atoms with Crippen LogP contribution in [0.1, 0.15) is 45.9 Å². The highest BCUT2D eigenvalue weighted by molar-refractivity contribution is 7.91. The highest BCUT2D eigenvalue weighted by atomic mass is 32.2. The Hall–Kier alpha value is -1.45. The van der Waals surface area contributed by atoms with E-state index in [4.69, 9.17) is 0 Å². The lowest BCUT2D eigenvalue weighted by atomic mass is 10.2. The second kappa shape index (κ2) is 7.21. The Morgan fingerprint density at radius 3 is 2.23 bits per heavy atom. The van der Waals surface area contributed by atoms with Crippen LogP contribution < -0.4 is 4.72 Å². The highest BCUT2D eigenvalue weighted by Crippen LogP contribution is 2.33. The summed E-state index contributed by atoms with van der Waals surface area (Å²) in [5, 5.41) is 0. The van der Waals surface area contributed by atoms with E-state index in [1.165, 1.54) is 14.0 Å². The van der Waals surface area contributed by atoms with Gasteiger partial charge in [-0.15, -0.1) is 11.3 Å². The fourth-order valence-electron chi connectivity index (χ4n) is 1.70. The Labute approximate surface area is 133 Å². The zero-order chi connectivity index (χ0) is 17.1. The third-order valence-corrected chi connectivity index (χ3v) is 6.47. The Morgan fingerprint density at radius 1 is 1.23 bits per heavy atom. The number of sulfonamides is 1. The van der Waals surface area contributed by atoms with E-state index >= 15 is 0 Å². The maximum Gasteiger partial charge on any atom is 0.348 e. The molecule has 0 radical (unpaired) electrons. The number of hydrogen-bond acceptors (Lipinski definition) is 7. The number of nitrogens with one attached hydrogen (secondary N) is 1. The maximum atomic E-state index is 12.5. The van der Waals surface area contributed by atoms with Crippen molar-refractivity contribution in [2.24, 2.45) is 0 Å². The molecular weight excluding hydrogens is 330 g/mol. The van der Waals surface area contributed by atoms with E-state index in [-0.39, 0.29) is 26.3 Å². The number of hydrogen-bond donors (Lipinski definition) is 1. The maximum absolute atomic E-state index is 12.5. The molecule has 7 nitrogen and oxygen atoms in total. The van der Waals surface area contributed by atoms with Gasteiger partial charge in [-0.3, -0.25) is 0 Å². The van der Waals surface area contributed by atoms with Crippen molar-refractivity contribution in [1.29, 1.82) is 0 Å². The van der Waals surface area contributed by atoms with Crippen LogP contribution in [0.3, 0.4) is 0 Å². The molecule has 0 unspecified atom stereocenters. The normalized spacial score (nSPS) is 12.8. The highest BCUT2D eigenvalue weighted by Gasteiger charge is 2.33. The molecule has 0 saturated carbocycles. The quantitative estimate of drug-likeness (QED) is 0.785. The van der Waals surface area contributed by atoms with Crippen LogP contribution >= 0.6 is 11.3 Å². The molecule has 1 N–H and O–H groups in total. The summed E-state index contributed by atoms with van der Waals surface area (Å²) in [4.78, 5) is 23.7. The number of carbonyl (C=O) groups excluding carboxylic acids is 2. The molecule has 22 heavy (non-hydrogen) atoms. The van der Waals surface area contributed by atoms with Crippen molar-refractivity contribution in [2.75, 3.05) is 14.2 Å². The van der Waals surface area contributed by atoms with Crippen LogP contribution in [0.4, 0.5) is 0 Å². The minimum Gasteiger partial charge on any atom is -0.465 e. The van der Waals surface area contributed by atoms with Gasteiger partial charge in [0.15, 0.2) is 4.21 Å². The topological polar surface area (TPSA) is 98.8 Å². The molecular formula is C13H19NO6S2. The van der Waals surface area contributed by atoms with Gasteiger partial charge in [0.05, 0.1) is 19.8 Å². The molecule has 0 amide bonds. The molecule has 1 rings (SSSR count). The number of rotatable bonds is 6. The van der Waals surface area contributed by atoms with E-state index in [2.05, 4.69) is 14.2 Å². The zero-order valence-corrected chi connectivity index (χ0v) is 14.7. The van der Waals surface area contributed by atoms with Gasteiger partial charge in [0.25, 0.3) is 10.0 Å². The minimum atomic E-state index is -3.94. The van der Waals surface area contributed by atoms with Gasteiger partial charge in [0.1, 0.15) is 4.88 Å². The summed E-state index contributed by atoms with van der Waals surface area (Å²) in [6.07, 6.45) is 0.584. The molecule has 1 atom stereocenters. The number of carbonyl (C=O) groups is 2. The first-order chi connectivity index (χ1) is 10.2. The molecule has 1 aromatic heterocycles. The number of thiophene rings is 1. The molecule has 0 aromatic carbocycles. The summed E-state index contributed by atoms with van der Waals surface area (Å²) in [6, 6.07) is -0.306. The molecule has 0 bridgehead atoms. The van der Waals surface area contributed by atoms with Gasteiger partial charge >= 0.3 is 11.9 Å². The van der Waals surface area contributed by atoms with Crippen LogP contribution in [-0.2, 0) is 19.5 Å². The smallest absolute Gasteiger partial charge is 0.348 e. The minimum absolute atomic E-state index is 0.0624. The van der Waals surface area contributed by atoms with Gasteiger partial charge in [-0.2, -0.15) is 0 Å². The van der Waals surface area contributed by atoms with E-state index in [9.17, 15) is 18.0 Å². The van der Waals surface area contributed by atoms with Crippen LogP contribution in [0, 0.1) is 6.92 Å². The predicted molar refractivity (Wildman–Crippen MR) is 81.8 cm³/mol. The average molecular weight is 349 g/mol. The van der Waals surface area contributed by atoms with E-state index in [1.54, 1.807) is 6.92 Å². The van der Waals surface area contributed by atoms with Crippen molar-refractivity contribution in [1.82, 2.24) is 4.72 Å². The van der Waals surface area contributed by atoms with Crippen molar-refractivity contribution in [3.63, 3.8) is 0 Å². The fraction of sp³-hybridized carbons (Fsp3) is 0.538. The Morgan fingerprint density at radius 2 is 1.77 bits per heavy atom. The van der Waals surface area contributed by atoms with E-state index in [0.29, 0.717) is 17.8 Å². The third-order valence-electron chi connectivity index (χ3n) is 3.09. The molecule has 0 fully saturated rings. The molecule has 0 spiro atoms. The van der Waals surface area contributed by atoms with Crippen LogP contribution in [0.15, 0.2) is 4.21 Å². The van der Waals surface area contributed by atoms with Gasteiger partial charge in [-0.1, -0.05) is 6.92 Å². The summed E-state index contributed by atoms with van der Waals surface area (Å²) in [5.74, 6) is -1.51.